The molecule has 0 aliphatic carbocycles. The van der Waals surface area contributed by atoms with Crippen LogP contribution in [0.25, 0.3) is 0 Å². The van der Waals surface area contributed by atoms with Gasteiger partial charge in [0.1, 0.15) is 42.9 Å². The number of carbonyl (C=O) groups excluding carboxylic acids is 11. The van der Waals surface area contributed by atoms with Gasteiger partial charge in [-0.15, -0.1) is 0 Å². The summed E-state index contributed by atoms with van der Waals surface area (Å²) in [6.07, 6.45) is 5.65. The zero-order valence-electron chi connectivity index (χ0n) is 58.9. The first-order valence-corrected chi connectivity index (χ1v) is 34.2. The van der Waals surface area contributed by atoms with Crippen LogP contribution in [0.2, 0.25) is 0 Å². The van der Waals surface area contributed by atoms with Crippen LogP contribution in [0.1, 0.15) is 145 Å². The van der Waals surface area contributed by atoms with Crippen molar-refractivity contribution in [2.24, 2.45) is 11.3 Å². The molecule has 0 saturated carbocycles. The molecular formula is C75H99N9O15. The number of aryl methyl sites for hydroxylation is 1. The van der Waals surface area contributed by atoms with Crippen LogP contribution in [-0.4, -0.2) is 189 Å². The molecule has 24 heteroatoms. The van der Waals surface area contributed by atoms with E-state index in [4.69, 9.17) is 18.9 Å². The van der Waals surface area contributed by atoms with Gasteiger partial charge in [0.15, 0.2) is 11.5 Å². The fourth-order valence-electron chi connectivity index (χ4n) is 12.4. The van der Waals surface area contributed by atoms with Gasteiger partial charge in [-0.25, -0.2) is 9.59 Å². The Morgan fingerprint density at radius 2 is 1.36 bits per heavy atom. The largest absolute Gasteiger partial charge is 0.493 e. The Kier molecular flexibility index (Phi) is 28.7. The quantitative estimate of drug-likeness (QED) is 0.0731. The second-order valence-electron chi connectivity index (χ2n) is 27.1. The topological polar surface area (TPSA) is 289 Å². The van der Waals surface area contributed by atoms with Crippen LogP contribution < -0.4 is 30.7 Å². The number of anilines is 1. The Bertz CT molecular complexity index is 3520. The highest BCUT2D eigenvalue weighted by molar-refractivity contribution is 6.38. The Labute approximate surface area is 581 Å². The number of nitrogens with zero attached hydrogens (tertiary/aromatic N) is 5. The number of hydrogen-bond acceptors (Lipinski definition) is 16. The Morgan fingerprint density at radius 3 is 2.07 bits per heavy atom. The van der Waals surface area contributed by atoms with Gasteiger partial charge in [-0.1, -0.05) is 92.7 Å². The molecular weight excluding hydrogens is 1270 g/mol. The minimum atomic E-state index is -1.48. The third-order valence-corrected chi connectivity index (χ3v) is 18.0. The van der Waals surface area contributed by atoms with Gasteiger partial charge >= 0.3 is 11.9 Å². The van der Waals surface area contributed by atoms with Crippen molar-refractivity contribution >= 4 is 70.7 Å². The third kappa shape index (κ3) is 22.3. The molecule has 2 bridgehead atoms. The van der Waals surface area contributed by atoms with E-state index in [-0.39, 0.29) is 82.4 Å². The highest BCUT2D eigenvalue weighted by atomic mass is 16.5. The number of allylic oxidation sites excluding steroid dienone is 1. The number of cyclic esters (lactones) is 2. The van der Waals surface area contributed by atoms with Crippen molar-refractivity contribution in [3.63, 3.8) is 0 Å². The summed E-state index contributed by atoms with van der Waals surface area (Å²) in [7, 11) is 9.87. The fraction of sp³-hybridized carbons (Fsp3) is 0.507. The molecule has 0 radical (unpaired) electrons. The summed E-state index contributed by atoms with van der Waals surface area (Å²) in [5, 5.41) is 11.5. The maximum atomic E-state index is 15.3. The molecule has 24 nitrogen and oxygen atoms in total. The number of piperidine rings is 1. The number of likely N-dealkylation sites (N-methyl/N-ethyl adjacent to an activating group) is 3. The van der Waals surface area contributed by atoms with E-state index >= 15 is 4.79 Å². The van der Waals surface area contributed by atoms with Crippen molar-refractivity contribution in [1.29, 1.82) is 0 Å². The van der Waals surface area contributed by atoms with Gasteiger partial charge in [-0.2, -0.15) is 0 Å². The molecule has 2 saturated heterocycles. The van der Waals surface area contributed by atoms with Crippen LogP contribution in [0.4, 0.5) is 5.69 Å². The number of ether oxygens (including phenoxy) is 4. The molecule has 8 amide bonds. The minimum absolute atomic E-state index is 0.0130. The summed E-state index contributed by atoms with van der Waals surface area (Å²) in [6.45, 7) is 7.50. The lowest BCUT2D eigenvalue weighted by Gasteiger charge is -2.36. The van der Waals surface area contributed by atoms with Crippen LogP contribution in [0.5, 0.6) is 11.5 Å². The number of esters is 2. The Balaban J connectivity index is 1.19. The van der Waals surface area contributed by atoms with Crippen molar-refractivity contribution in [2.75, 3.05) is 80.5 Å². The first kappa shape index (κ1) is 76.9. The van der Waals surface area contributed by atoms with Crippen molar-refractivity contribution in [3.8, 4) is 11.5 Å². The first-order chi connectivity index (χ1) is 47.3. The number of methoxy groups -OCH3 is 2. The molecule has 3 heterocycles. The summed E-state index contributed by atoms with van der Waals surface area (Å²) in [6, 6.07) is 22.1. The van der Waals surface area contributed by atoms with E-state index in [1.54, 1.807) is 117 Å². The number of carbonyl (C=O) groups is 11. The van der Waals surface area contributed by atoms with Crippen molar-refractivity contribution in [1.82, 2.24) is 40.4 Å². The van der Waals surface area contributed by atoms with Crippen LogP contribution in [0, 0.1) is 11.3 Å². The lowest BCUT2D eigenvalue weighted by Crippen LogP contribution is -2.58. The van der Waals surface area contributed by atoms with E-state index in [0.717, 1.165) is 11.1 Å². The van der Waals surface area contributed by atoms with E-state index in [2.05, 4.69) is 21.3 Å². The van der Waals surface area contributed by atoms with Gasteiger partial charge in [0, 0.05) is 71.3 Å². The average molecular weight is 1370 g/mol. The lowest BCUT2D eigenvalue weighted by atomic mass is 9.87. The van der Waals surface area contributed by atoms with Crippen LogP contribution >= 0.6 is 0 Å². The fourth-order valence-corrected chi connectivity index (χ4v) is 12.4. The molecule has 4 aromatic rings. The van der Waals surface area contributed by atoms with Crippen molar-refractivity contribution in [2.45, 2.75) is 160 Å². The smallest absolute Gasteiger partial charge is 0.330 e. The molecule has 0 aromatic heterocycles. The van der Waals surface area contributed by atoms with Gasteiger partial charge in [0.05, 0.1) is 26.2 Å². The highest BCUT2D eigenvalue weighted by Crippen LogP contribution is 2.33. The summed E-state index contributed by atoms with van der Waals surface area (Å²) < 4.78 is 22.9. The minimum Gasteiger partial charge on any atom is -0.493 e. The second-order valence-corrected chi connectivity index (χ2v) is 27.1. The van der Waals surface area contributed by atoms with E-state index in [9.17, 15) is 47.9 Å². The SMILES string of the molecule is COc1ccc(CC[C@H]2OC(=O)[C@@H]3CCCCN3C(=O)C(=O)C(C)(C)COC(=O)/C=C/CCCCN(C)C(=O)[C@H](CC(C)C)N(C)C(=O)[C@H]3CCCN3C(=O)[C@H](Cc3ccc(CNC(=O)CN(C)C)cc3)NC(=O)[C@H](c3ccccc3)NC(=O)CCC(=O)Nc3cccc2c3)cc1OC. The standard InChI is InChI=1S/C75H99N9O15/c1-49(2)42-59-71(92)81(7)39-18-12-11-16-28-66(88)98-48-75(3,4)68(89)73(94)84-40-19-17-26-58(84)74(95)99-60(35-33-51-34-36-61(96-9)62(44-51)97-10)54-24-20-25-55(45-54)77-63(85)37-38-64(86)79-67(53-22-14-13-15-23-53)69(90)78-56(70(91)83-41-21-27-57(83)72(93)82(59)8)43-50-29-31-52(32-30-50)46-76-65(87)47-80(5)6/h13-16,20,22-25,28-32,34,36,44-45,49,56-60,67H,11-12,17-19,21,26-27,33,35,37-43,46-48H2,1-10H3,(H,76,87)(H,77,85)(H,78,90)(H,79,86)/b28-16+/t56-,57+,58-,59-,60+,67-/m0/s1. The van der Waals surface area contributed by atoms with E-state index < -0.39 is 101 Å². The number of fused-ring (bicyclic) bond motifs is 4. The van der Waals surface area contributed by atoms with Crippen molar-refractivity contribution < 1.29 is 71.7 Å². The molecule has 3 aliphatic heterocycles. The third-order valence-electron chi connectivity index (χ3n) is 18.0. The second kappa shape index (κ2) is 36.9. The molecule has 0 spiro atoms. The van der Waals surface area contributed by atoms with Crippen LogP contribution in [0.15, 0.2) is 109 Å². The molecule has 4 aromatic carbocycles. The first-order valence-electron chi connectivity index (χ1n) is 34.2. The molecule has 99 heavy (non-hydrogen) atoms. The number of ketones is 1. The summed E-state index contributed by atoms with van der Waals surface area (Å²) in [5.74, 6) is -5.68. The summed E-state index contributed by atoms with van der Waals surface area (Å²) >= 11 is 0. The number of nitrogens with one attached hydrogen (secondary N) is 4. The lowest BCUT2D eigenvalue weighted by molar-refractivity contribution is -0.165. The molecule has 6 atom stereocenters. The number of amides is 8. The van der Waals surface area contributed by atoms with E-state index in [1.807, 2.05) is 38.1 Å². The highest BCUT2D eigenvalue weighted by Gasteiger charge is 2.44. The van der Waals surface area contributed by atoms with Crippen molar-refractivity contribution in [3.05, 3.63) is 137 Å². The average Bonchev–Trinajstić information content (AvgIpc) is 1.80. The predicted molar refractivity (Wildman–Crippen MR) is 371 cm³/mol. The van der Waals surface area contributed by atoms with Gasteiger partial charge < -0.3 is 64.7 Å². The molecule has 4 N–H and O–H groups in total. The number of Topliss-reactive ketones (excluding diaryl/α,β-unsaturated/α-hetero) is 1. The Morgan fingerprint density at radius 1 is 0.697 bits per heavy atom. The van der Waals surface area contributed by atoms with Gasteiger partial charge in [0.2, 0.25) is 47.1 Å². The maximum absolute atomic E-state index is 15.3. The van der Waals surface area contributed by atoms with Gasteiger partial charge in [-0.3, -0.25) is 43.2 Å². The molecule has 3 aliphatic rings. The van der Waals surface area contributed by atoms with E-state index in [0.29, 0.717) is 91.8 Å². The van der Waals surface area contributed by atoms with Crippen LogP contribution in [0.3, 0.4) is 0 Å². The van der Waals surface area contributed by atoms with Gasteiger partial charge in [-0.05, 0) is 157 Å². The monoisotopic (exact) mass is 1370 g/mol. The van der Waals surface area contributed by atoms with E-state index in [1.165, 1.54) is 48.8 Å². The molecule has 7 rings (SSSR count). The zero-order valence-corrected chi connectivity index (χ0v) is 58.9. The Hall–Kier alpha value is -9.45. The summed E-state index contributed by atoms with van der Waals surface area (Å²) in [5.41, 5.74) is 1.94. The zero-order chi connectivity index (χ0) is 71.9. The van der Waals surface area contributed by atoms with Gasteiger partial charge in [0.25, 0.3) is 5.91 Å². The molecule has 534 valence electrons. The number of hydrogen-bond donors (Lipinski definition) is 4. The number of benzene rings is 4. The normalized spacial score (nSPS) is 22.4. The number of rotatable bonds is 14. The predicted octanol–water partition coefficient (Wildman–Crippen LogP) is 6.98. The maximum Gasteiger partial charge on any atom is 0.330 e. The molecule has 0 unspecified atom stereocenters. The molecule has 2 fully saturated rings. The summed E-state index contributed by atoms with van der Waals surface area (Å²) in [4.78, 5) is 164. The van der Waals surface area contributed by atoms with Crippen LogP contribution in [-0.2, 0) is 81.6 Å².